The topological polar surface area (TPSA) is 48.7 Å². The summed E-state index contributed by atoms with van der Waals surface area (Å²) < 4.78 is 1.01. The average Bonchev–Trinajstić information content (AvgIpc) is 2.30. The summed E-state index contributed by atoms with van der Waals surface area (Å²) in [6.07, 6.45) is 2.61. The van der Waals surface area contributed by atoms with E-state index in [9.17, 15) is 0 Å². The van der Waals surface area contributed by atoms with Crippen molar-refractivity contribution >= 4 is 27.7 Å². The minimum Gasteiger partial charge on any atom is -0.302 e. The first-order valence-electron chi connectivity index (χ1n) is 5.14. The Labute approximate surface area is 109 Å². The van der Waals surface area contributed by atoms with Crippen LogP contribution in [0.1, 0.15) is 13.3 Å². The molecule has 0 fully saturated rings. The van der Waals surface area contributed by atoms with Gasteiger partial charge in [0.25, 0.3) is 0 Å². The lowest BCUT2D eigenvalue weighted by atomic mass is 10.2. The number of halogens is 1. The molecule has 0 amide bonds. The highest BCUT2D eigenvalue weighted by molar-refractivity contribution is 9.10. The van der Waals surface area contributed by atoms with E-state index in [1.807, 2.05) is 19.1 Å². The minimum absolute atomic E-state index is 0.0556. The Morgan fingerprint density at radius 1 is 1.69 bits per heavy atom. The Kier molecular flexibility index (Phi) is 6.46. The van der Waals surface area contributed by atoms with Crippen molar-refractivity contribution in [1.82, 2.24) is 10.3 Å². The predicted molar refractivity (Wildman–Crippen MR) is 70.4 cm³/mol. The van der Waals surface area contributed by atoms with Crippen LogP contribution in [0.2, 0.25) is 0 Å². The monoisotopic (exact) mass is 299 g/mol. The number of hydrogen-bond acceptors (Lipinski definition) is 4. The predicted octanol–water partition coefficient (Wildman–Crippen LogP) is 2.83. The number of nitrogens with zero attached hydrogens (tertiary/aromatic N) is 2. The van der Waals surface area contributed by atoms with Crippen molar-refractivity contribution in [3.05, 3.63) is 22.8 Å². The molecule has 0 aromatic carbocycles. The van der Waals surface area contributed by atoms with Crippen LogP contribution in [0, 0.1) is 11.3 Å². The van der Waals surface area contributed by atoms with Crippen LogP contribution in [0.3, 0.4) is 0 Å². The van der Waals surface area contributed by atoms with Gasteiger partial charge in [-0.05, 0) is 41.0 Å². The summed E-state index contributed by atoms with van der Waals surface area (Å²) in [6, 6.07) is 6.06. The largest absolute Gasteiger partial charge is 0.302 e. The molecule has 1 heterocycles. The molecule has 3 nitrogen and oxygen atoms in total. The Hall–Kier alpha value is -0.570. The molecule has 5 heteroatoms. The highest BCUT2D eigenvalue weighted by Crippen LogP contribution is 2.25. The summed E-state index contributed by atoms with van der Waals surface area (Å²) in [6.45, 7) is 2.84. The van der Waals surface area contributed by atoms with E-state index in [0.29, 0.717) is 0 Å². The lowest BCUT2D eigenvalue weighted by Crippen LogP contribution is -2.27. The molecule has 1 aromatic rings. The molecule has 0 saturated heterocycles. The molecular formula is C11H14BrN3S. The summed E-state index contributed by atoms with van der Waals surface area (Å²) in [4.78, 5) is 4.26. The number of rotatable bonds is 6. The van der Waals surface area contributed by atoms with E-state index in [1.54, 1.807) is 18.0 Å². The zero-order valence-corrected chi connectivity index (χ0v) is 11.5. The number of nitrogens with one attached hydrogen (secondary N) is 1. The van der Waals surface area contributed by atoms with Crippen molar-refractivity contribution in [2.75, 3.05) is 12.3 Å². The molecule has 1 aromatic heterocycles. The Morgan fingerprint density at radius 3 is 3.12 bits per heavy atom. The van der Waals surface area contributed by atoms with Gasteiger partial charge < -0.3 is 5.32 Å². The number of aromatic nitrogens is 1. The van der Waals surface area contributed by atoms with Crippen molar-refractivity contribution in [3.63, 3.8) is 0 Å². The lowest BCUT2D eigenvalue weighted by molar-refractivity contribution is 0.613. The maximum Gasteiger partial charge on any atom is 0.110 e. The summed E-state index contributed by atoms with van der Waals surface area (Å²) in [5, 5.41) is 13.0. The van der Waals surface area contributed by atoms with Gasteiger partial charge in [0.15, 0.2) is 0 Å². The third-order valence-electron chi connectivity index (χ3n) is 1.98. The molecule has 0 spiro atoms. The van der Waals surface area contributed by atoms with Gasteiger partial charge in [-0.2, -0.15) is 5.26 Å². The van der Waals surface area contributed by atoms with Crippen LogP contribution in [0.4, 0.5) is 0 Å². The van der Waals surface area contributed by atoms with Crippen LogP contribution in [0.5, 0.6) is 0 Å². The van der Waals surface area contributed by atoms with E-state index in [-0.39, 0.29) is 6.04 Å². The van der Waals surface area contributed by atoms with Crippen LogP contribution in [-0.2, 0) is 0 Å². The second-order valence-corrected chi connectivity index (χ2v) is 5.10. The molecule has 86 valence electrons. The van der Waals surface area contributed by atoms with Gasteiger partial charge in [0.05, 0.1) is 12.1 Å². The maximum absolute atomic E-state index is 8.86. The van der Waals surface area contributed by atoms with Crippen molar-refractivity contribution < 1.29 is 0 Å². The van der Waals surface area contributed by atoms with Gasteiger partial charge in [0, 0.05) is 16.4 Å². The van der Waals surface area contributed by atoms with Crippen molar-refractivity contribution in [2.45, 2.75) is 24.4 Å². The van der Waals surface area contributed by atoms with Crippen molar-refractivity contribution in [3.8, 4) is 6.07 Å². The van der Waals surface area contributed by atoms with Crippen LogP contribution >= 0.6 is 27.7 Å². The zero-order valence-electron chi connectivity index (χ0n) is 9.11. The average molecular weight is 300 g/mol. The lowest BCUT2D eigenvalue weighted by Gasteiger charge is -2.09. The van der Waals surface area contributed by atoms with Crippen LogP contribution in [-0.4, -0.2) is 23.3 Å². The summed E-state index contributed by atoms with van der Waals surface area (Å²) in [5.74, 6) is 0.890. The van der Waals surface area contributed by atoms with E-state index in [1.165, 1.54) is 0 Å². The van der Waals surface area contributed by atoms with Crippen molar-refractivity contribution in [2.24, 2.45) is 0 Å². The fraction of sp³-hybridized carbons (Fsp3) is 0.455. The van der Waals surface area contributed by atoms with Crippen molar-refractivity contribution in [1.29, 1.82) is 5.26 Å². The van der Waals surface area contributed by atoms with E-state index < -0.39 is 0 Å². The second kappa shape index (κ2) is 7.66. The van der Waals surface area contributed by atoms with Gasteiger partial charge in [-0.3, -0.25) is 0 Å². The van der Waals surface area contributed by atoms with Gasteiger partial charge in [-0.15, -0.1) is 11.8 Å². The van der Waals surface area contributed by atoms with E-state index in [0.717, 1.165) is 28.2 Å². The summed E-state index contributed by atoms with van der Waals surface area (Å²) in [5.41, 5.74) is 0. The zero-order chi connectivity index (χ0) is 11.8. The molecule has 16 heavy (non-hydrogen) atoms. The first-order chi connectivity index (χ1) is 7.77. The molecular weight excluding hydrogens is 286 g/mol. The van der Waals surface area contributed by atoms with Crippen LogP contribution in [0.25, 0.3) is 0 Å². The van der Waals surface area contributed by atoms with E-state index in [2.05, 4.69) is 32.3 Å². The Balaban J connectivity index is 2.36. The molecule has 0 aliphatic carbocycles. The first-order valence-corrected chi connectivity index (χ1v) is 6.92. The van der Waals surface area contributed by atoms with Gasteiger partial charge in [-0.25, -0.2) is 4.98 Å². The number of pyridine rings is 1. The Morgan fingerprint density at radius 2 is 2.50 bits per heavy atom. The quantitative estimate of drug-likeness (QED) is 0.821. The van der Waals surface area contributed by atoms with Gasteiger partial charge in [-0.1, -0.05) is 6.92 Å². The third kappa shape index (κ3) is 4.52. The highest BCUT2D eigenvalue weighted by atomic mass is 79.9. The van der Waals surface area contributed by atoms with Crippen LogP contribution < -0.4 is 5.32 Å². The molecule has 0 radical (unpaired) electrons. The maximum atomic E-state index is 8.86. The smallest absolute Gasteiger partial charge is 0.110 e. The SMILES string of the molecule is CCNC(C#N)CCSc1ncccc1Br. The molecule has 1 atom stereocenters. The summed E-state index contributed by atoms with van der Waals surface area (Å²) >= 11 is 5.11. The van der Waals surface area contributed by atoms with Crippen LogP contribution in [0.15, 0.2) is 27.8 Å². The third-order valence-corrected chi connectivity index (χ3v) is 3.92. The Bertz CT molecular complexity index is 364. The van der Waals surface area contributed by atoms with Gasteiger partial charge >= 0.3 is 0 Å². The number of thioether (sulfide) groups is 1. The number of nitriles is 1. The second-order valence-electron chi connectivity index (χ2n) is 3.17. The first kappa shape index (κ1) is 13.5. The molecule has 1 unspecified atom stereocenters. The molecule has 0 bridgehead atoms. The summed E-state index contributed by atoms with van der Waals surface area (Å²) in [7, 11) is 0. The van der Waals surface area contributed by atoms with Gasteiger partial charge in [0.1, 0.15) is 5.03 Å². The fourth-order valence-corrected chi connectivity index (χ4v) is 2.70. The highest BCUT2D eigenvalue weighted by Gasteiger charge is 2.06. The standard InChI is InChI=1S/C11H14BrN3S/c1-2-14-9(8-13)5-7-16-11-10(12)4-3-6-15-11/h3-4,6,9,14H,2,5,7H2,1H3. The molecule has 1 rings (SSSR count). The van der Waals surface area contributed by atoms with E-state index in [4.69, 9.17) is 5.26 Å². The minimum atomic E-state index is -0.0556. The normalized spacial score (nSPS) is 12.1. The van der Waals surface area contributed by atoms with Gasteiger partial charge in [0.2, 0.25) is 0 Å². The molecule has 0 aliphatic heterocycles. The molecule has 1 N–H and O–H groups in total. The molecule has 0 aliphatic rings. The van der Waals surface area contributed by atoms with E-state index >= 15 is 0 Å². The molecule has 0 saturated carbocycles. The number of hydrogen-bond donors (Lipinski definition) is 1. The fourth-order valence-electron chi connectivity index (χ4n) is 1.21.